The van der Waals surface area contributed by atoms with Crippen LogP contribution in [0.5, 0.6) is 0 Å². The fraction of sp³-hybridized carbons (Fsp3) is 0.900. The second-order valence-electron chi connectivity index (χ2n) is 4.79. The summed E-state index contributed by atoms with van der Waals surface area (Å²) in [6.45, 7) is 1.98. The molecular formula is C10H13F5N2O. The Kier molecular flexibility index (Phi) is 3.25. The second kappa shape index (κ2) is 4.32. The first-order valence-corrected chi connectivity index (χ1v) is 5.69. The molecule has 3 aliphatic heterocycles. The number of nitrogens with one attached hydrogen (secondary N) is 1. The molecule has 1 amide bonds. The third kappa shape index (κ3) is 2.30. The van der Waals surface area contributed by atoms with Crippen molar-refractivity contribution in [2.75, 3.05) is 19.6 Å². The number of carbonyl (C=O) groups excluding carboxylic acids is 1. The molecule has 1 unspecified atom stereocenters. The number of halogens is 5. The average molecular weight is 272 g/mol. The summed E-state index contributed by atoms with van der Waals surface area (Å²) in [5.74, 6) is -7.56. The van der Waals surface area contributed by atoms with Crippen molar-refractivity contribution in [3.8, 4) is 0 Å². The van der Waals surface area contributed by atoms with Crippen LogP contribution in [0.2, 0.25) is 0 Å². The van der Waals surface area contributed by atoms with Crippen LogP contribution in [-0.4, -0.2) is 48.6 Å². The van der Waals surface area contributed by atoms with E-state index in [0.717, 1.165) is 25.9 Å². The highest BCUT2D eigenvalue weighted by molar-refractivity contribution is 5.84. The van der Waals surface area contributed by atoms with Crippen molar-refractivity contribution in [2.24, 2.45) is 5.92 Å². The highest BCUT2D eigenvalue weighted by Gasteiger charge is 2.63. The zero-order valence-corrected chi connectivity index (χ0v) is 9.44. The second-order valence-corrected chi connectivity index (χ2v) is 4.79. The predicted octanol–water partition coefficient (Wildman–Crippen LogP) is 1.39. The highest BCUT2D eigenvalue weighted by Crippen LogP contribution is 2.36. The lowest BCUT2D eigenvalue weighted by Gasteiger charge is -2.45. The van der Waals surface area contributed by atoms with E-state index in [2.05, 4.69) is 0 Å². The van der Waals surface area contributed by atoms with Gasteiger partial charge in [-0.3, -0.25) is 4.79 Å². The van der Waals surface area contributed by atoms with Crippen molar-refractivity contribution in [2.45, 2.75) is 31.0 Å². The van der Waals surface area contributed by atoms with Crippen molar-refractivity contribution in [3.63, 3.8) is 0 Å². The maximum Gasteiger partial charge on any atom is 0.463 e. The zero-order chi connectivity index (χ0) is 13.6. The molecule has 3 heterocycles. The molecule has 0 aromatic heterocycles. The van der Waals surface area contributed by atoms with Crippen LogP contribution >= 0.6 is 0 Å². The molecule has 2 bridgehead atoms. The molecule has 0 saturated carbocycles. The van der Waals surface area contributed by atoms with Crippen LogP contribution in [0, 0.1) is 5.92 Å². The average Bonchev–Trinajstić information content (AvgIpc) is 2.29. The summed E-state index contributed by atoms with van der Waals surface area (Å²) in [5, 5.41) is 1.85. The van der Waals surface area contributed by atoms with Gasteiger partial charge in [0.2, 0.25) is 0 Å². The summed E-state index contributed by atoms with van der Waals surface area (Å²) >= 11 is 0. The number of carbonyl (C=O) groups is 1. The van der Waals surface area contributed by atoms with E-state index in [1.54, 1.807) is 0 Å². The molecule has 3 rings (SSSR count). The molecule has 104 valence electrons. The number of nitrogens with zero attached hydrogens (tertiary/aromatic N) is 1. The number of amides is 1. The topological polar surface area (TPSA) is 32.3 Å². The largest absolute Gasteiger partial charge is 0.463 e. The van der Waals surface area contributed by atoms with E-state index in [0.29, 0.717) is 6.54 Å². The van der Waals surface area contributed by atoms with Gasteiger partial charge in [0, 0.05) is 12.6 Å². The number of alkyl halides is 5. The van der Waals surface area contributed by atoms with Gasteiger partial charge in [0.1, 0.15) is 0 Å². The summed E-state index contributed by atoms with van der Waals surface area (Å²) in [4.78, 5) is 13.0. The third-order valence-electron chi connectivity index (χ3n) is 3.61. The summed E-state index contributed by atoms with van der Waals surface area (Å²) in [6, 6.07) is -0.603. The quantitative estimate of drug-likeness (QED) is 0.771. The molecule has 1 N–H and O–H groups in total. The SMILES string of the molecule is O=C(NC1CN2CCC1CC2)C(F)(F)C(F)(F)F. The fourth-order valence-electron chi connectivity index (χ4n) is 2.52. The minimum absolute atomic E-state index is 0.00276. The van der Waals surface area contributed by atoms with Gasteiger partial charge in [-0.1, -0.05) is 0 Å². The Morgan fingerprint density at radius 2 is 1.67 bits per heavy atom. The molecule has 0 aromatic carbocycles. The standard InChI is InChI=1S/C10H13F5N2O/c11-9(12,10(13,14)15)8(18)16-7-5-17-3-1-6(7)2-4-17/h6-7H,1-5H2,(H,16,18). The van der Waals surface area contributed by atoms with Gasteiger partial charge in [-0.2, -0.15) is 22.0 Å². The molecule has 1 atom stereocenters. The van der Waals surface area contributed by atoms with Crippen molar-refractivity contribution in [1.29, 1.82) is 0 Å². The van der Waals surface area contributed by atoms with Gasteiger partial charge in [-0.05, 0) is 31.8 Å². The molecule has 0 aromatic rings. The molecule has 3 nitrogen and oxygen atoms in total. The summed E-state index contributed by atoms with van der Waals surface area (Å²) in [6.07, 6.45) is -4.39. The molecular weight excluding hydrogens is 259 g/mol. The van der Waals surface area contributed by atoms with E-state index < -0.39 is 24.0 Å². The lowest BCUT2D eigenvalue weighted by atomic mass is 9.84. The van der Waals surface area contributed by atoms with Crippen LogP contribution < -0.4 is 5.32 Å². The lowest BCUT2D eigenvalue weighted by molar-refractivity contribution is -0.270. The minimum Gasteiger partial charge on any atom is -0.346 e. The molecule has 3 aliphatic rings. The number of hydrogen-bond donors (Lipinski definition) is 1. The fourth-order valence-corrected chi connectivity index (χ4v) is 2.52. The van der Waals surface area contributed by atoms with Gasteiger partial charge in [0.05, 0.1) is 0 Å². The van der Waals surface area contributed by atoms with E-state index in [-0.39, 0.29) is 5.92 Å². The van der Waals surface area contributed by atoms with Crippen molar-refractivity contribution >= 4 is 5.91 Å². The summed E-state index contributed by atoms with van der Waals surface area (Å²) in [5.41, 5.74) is 0. The van der Waals surface area contributed by atoms with Gasteiger partial charge < -0.3 is 10.2 Å². The number of rotatable bonds is 2. The van der Waals surface area contributed by atoms with Crippen molar-refractivity contribution in [3.05, 3.63) is 0 Å². The smallest absolute Gasteiger partial charge is 0.346 e. The van der Waals surface area contributed by atoms with Crippen molar-refractivity contribution in [1.82, 2.24) is 10.2 Å². The molecule has 0 spiro atoms. The molecule has 8 heteroatoms. The van der Waals surface area contributed by atoms with Gasteiger partial charge in [0.15, 0.2) is 0 Å². The van der Waals surface area contributed by atoms with E-state index in [4.69, 9.17) is 0 Å². The van der Waals surface area contributed by atoms with Gasteiger partial charge >= 0.3 is 18.0 Å². The monoisotopic (exact) mass is 272 g/mol. The number of hydrogen-bond acceptors (Lipinski definition) is 2. The van der Waals surface area contributed by atoms with E-state index in [1.807, 2.05) is 10.2 Å². The van der Waals surface area contributed by atoms with Crippen LogP contribution in [0.1, 0.15) is 12.8 Å². The predicted molar refractivity (Wildman–Crippen MR) is 52.1 cm³/mol. The third-order valence-corrected chi connectivity index (χ3v) is 3.61. The normalized spacial score (nSPS) is 32.4. The highest BCUT2D eigenvalue weighted by atomic mass is 19.4. The Morgan fingerprint density at radius 1 is 1.11 bits per heavy atom. The van der Waals surface area contributed by atoms with Crippen molar-refractivity contribution < 1.29 is 26.7 Å². The Hall–Kier alpha value is -0.920. The van der Waals surface area contributed by atoms with Crippen LogP contribution in [0.4, 0.5) is 22.0 Å². The lowest BCUT2D eigenvalue weighted by Crippen LogP contribution is -2.61. The molecule has 3 fully saturated rings. The summed E-state index contributed by atoms with van der Waals surface area (Å²) in [7, 11) is 0. The van der Waals surface area contributed by atoms with Gasteiger partial charge in [-0.15, -0.1) is 0 Å². The Labute approximate surface area is 100 Å². The minimum atomic E-state index is -5.84. The molecule has 0 aliphatic carbocycles. The first-order valence-electron chi connectivity index (χ1n) is 5.69. The number of piperidine rings is 3. The van der Waals surface area contributed by atoms with E-state index in [9.17, 15) is 26.7 Å². The van der Waals surface area contributed by atoms with Crippen LogP contribution in [-0.2, 0) is 4.79 Å². The molecule has 3 saturated heterocycles. The molecule has 18 heavy (non-hydrogen) atoms. The van der Waals surface area contributed by atoms with E-state index >= 15 is 0 Å². The van der Waals surface area contributed by atoms with Gasteiger partial charge in [0.25, 0.3) is 0 Å². The molecule has 0 radical (unpaired) electrons. The first kappa shape index (κ1) is 13.5. The zero-order valence-electron chi connectivity index (χ0n) is 9.44. The summed E-state index contributed by atoms with van der Waals surface area (Å²) < 4.78 is 61.6. The van der Waals surface area contributed by atoms with Crippen LogP contribution in [0.3, 0.4) is 0 Å². The Balaban J connectivity index is 2.00. The van der Waals surface area contributed by atoms with Gasteiger partial charge in [-0.25, -0.2) is 0 Å². The Morgan fingerprint density at radius 3 is 2.06 bits per heavy atom. The first-order chi connectivity index (χ1) is 8.22. The number of fused-ring (bicyclic) bond motifs is 3. The van der Waals surface area contributed by atoms with Crippen LogP contribution in [0.15, 0.2) is 0 Å². The van der Waals surface area contributed by atoms with E-state index in [1.165, 1.54) is 0 Å². The maximum atomic E-state index is 12.8. The van der Waals surface area contributed by atoms with Crippen LogP contribution in [0.25, 0.3) is 0 Å². The maximum absolute atomic E-state index is 12.8. The Bertz CT molecular complexity index is 336.